The van der Waals surface area contributed by atoms with Crippen molar-refractivity contribution in [1.82, 2.24) is 15.1 Å². The van der Waals surface area contributed by atoms with E-state index in [0.717, 1.165) is 0 Å². The van der Waals surface area contributed by atoms with E-state index in [1.807, 2.05) is 13.8 Å². The van der Waals surface area contributed by atoms with Crippen molar-refractivity contribution in [3.05, 3.63) is 21.5 Å². The molecule has 0 spiro atoms. The van der Waals surface area contributed by atoms with Gasteiger partial charge in [0, 0.05) is 13.6 Å². The maximum absolute atomic E-state index is 11.7. The van der Waals surface area contributed by atoms with Crippen LogP contribution in [0.25, 0.3) is 0 Å². The third kappa shape index (κ3) is 2.80. The topological polar surface area (TPSA) is 90.1 Å². The Bertz CT molecular complexity index is 451. The third-order valence-corrected chi connectivity index (χ3v) is 2.37. The van der Waals surface area contributed by atoms with Crippen molar-refractivity contribution >= 4 is 11.6 Å². The second kappa shape index (κ2) is 4.94. The summed E-state index contributed by atoms with van der Waals surface area (Å²) in [6.45, 7) is 5.91. The van der Waals surface area contributed by atoms with Crippen LogP contribution in [0, 0.1) is 23.0 Å². The molecule has 0 bridgehead atoms. The summed E-state index contributed by atoms with van der Waals surface area (Å²) in [6.07, 6.45) is 0. The standard InChI is InChI=1S/C10H16N4O3/c1-6(2)5-11-10(15)8-9(14(16)17)7(3)13(4)12-8/h6H,5H2,1-4H3,(H,11,15). The Kier molecular flexibility index (Phi) is 3.82. The van der Waals surface area contributed by atoms with Gasteiger partial charge >= 0.3 is 5.69 Å². The largest absolute Gasteiger partial charge is 0.350 e. The summed E-state index contributed by atoms with van der Waals surface area (Å²) in [5.74, 6) is -0.225. The van der Waals surface area contributed by atoms with Gasteiger partial charge in [0.15, 0.2) is 0 Å². The molecule has 1 N–H and O–H groups in total. The lowest BCUT2D eigenvalue weighted by Gasteiger charge is -2.05. The van der Waals surface area contributed by atoms with Gasteiger partial charge in [0.05, 0.1) is 4.92 Å². The van der Waals surface area contributed by atoms with Crippen LogP contribution in [0.4, 0.5) is 5.69 Å². The van der Waals surface area contributed by atoms with Crippen molar-refractivity contribution in [2.75, 3.05) is 6.54 Å². The molecule has 94 valence electrons. The third-order valence-electron chi connectivity index (χ3n) is 2.37. The Balaban J connectivity index is 3.01. The molecule has 1 rings (SSSR count). The molecule has 0 aliphatic carbocycles. The average molecular weight is 240 g/mol. The molecule has 0 unspecified atom stereocenters. The van der Waals surface area contributed by atoms with Gasteiger partial charge in [0.1, 0.15) is 5.69 Å². The highest BCUT2D eigenvalue weighted by Crippen LogP contribution is 2.21. The number of nitro groups is 1. The number of hydrogen-bond acceptors (Lipinski definition) is 4. The van der Waals surface area contributed by atoms with Crippen molar-refractivity contribution < 1.29 is 9.72 Å². The molecule has 0 fully saturated rings. The van der Waals surface area contributed by atoms with Gasteiger partial charge in [0.25, 0.3) is 5.91 Å². The zero-order valence-corrected chi connectivity index (χ0v) is 10.4. The van der Waals surface area contributed by atoms with Crippen molar-refractivity contribution in [3.8, 4) is 0 Å². The maximum atomic E-state index is 11.7. The lowest BCUT2D eigenvalue weighted by Crippen LogP contribution is -2.28. The first-order chi connectivity index (χ1) is 7.84. The van der Waals surface area contributed by atoms with Gasteiger partial charge < -0.3 is 5.32 Å². The predicted octanol–water partition coefficient (Wildman–Crippen LogP) is 1.02. The van der Waals surface area contributed by atoms with Crippen LogP contribution in [-0.2, 0) is 7.05 Å². The van der Waals surface area contributed by atoms with Crippen LogP contribution in [0.15, 0.2) is 0 Å². The molecule has 0 aromatic carbocycles. The summed E-state index contributed by atoms with van der Waals surface area (Å²) in [5, 5.41) is 17.4. The minimum Gasteiger partial charge on any atom is -0.350 e. The number of carbonyl (C=O) groups excluding carboxylic acids is 1. The molecule has 1 amide bonds. The Morgan fingerprint density at radius 3 is 2.65 bits per heavy atom. The summed E-state index contributed by atoms with van der Waals surface area (Å²) >= 11 is 0. The molecule has 0 radical (unpaired) electrons. The van der Waals surface area contributed by atoms with Crippen LogP contribution < -0.4 is 5.32 Å². The summed E-state index contributed by atoms with van der Waals surface area (Å²) in [7, 11) is 1.57. The van der Waals surface area contributed by atoms with Crippen molar-refractivity contribution in [2.45, 2.75) is 20.8 Å². The molecular formula is C10H16N4O3. The van der Waals surface area contributed by atoms with Crippen molar-refractivity contribution in [3.63, 3.8) is 0 Å². The van der Waals surface area contributed by atoms with Gasteiger partial charge in [-0.05, 0) is 12.8 Å². The van der Waals surface area contributed by atoms with E-state index in [0.29, 0.717) is 12.2 Å². The van der Waals surface area contributed by atoms with E-state index in [4.69, 9.17) is 0 Å². The highest BCUT2D eigenvalue weighted by atomic mass is 16.6. The number of nitrogens with one attached hydrogen (secondary N) is 1. The molecule has 0 saturated carbocycles. The zero-order chi connectivity index (χ0) is 13.2. The summed E-state index contributed by atoms with van der Waals surface area (Å²) in [4.78, 5) is 22.0. The SMILES string of the molecule is Cc1c([N+](=O)[O-])c(C(=O)NCC(C)C)nn1C. The first kappa shape index (κ1) is 13.1. The minimum atomic E-state index is -0.577. The fourth-order valence-corrected chi connectivity index (χ4v) is 1.35. The number of amides is 1. The van der Waals surface area contributed by atoms with E-state index in [-0.39, 0.29) is 17.3 Å². The van der Waals surface area contributed by atoms with E-state index < -0.39 is 10.8 Å². The monoisotopic (exact) mass is 240 g/mol. The van der Waals surface area contributed by atoms with Gasteiger partial charge in [-0.1, -0.05) is 13.8 Å². The summed E-state index contributed by atoms with van der Waals surface area (Å²) in [5.41, 5.74) is 0.00843. The van der Waals surface area contributed by atoms with E-state index in [9.17, 15) is 14.9 Å². The number of hydrogen-bond donors (Lipinski definition) is 1. The highest BCUT2D eigenvalue weighted by molar-refractivity contribution is 5.96. The number of nitrogens with zero attached hydrogens (tertiary/aromatic N) is 3. The Morgan fingerprint density at radius 1 is 1.59 bits per heavy atom. The van der Waals surface area contributed by atoms with Crippen LogP contribution >= 0.6 is 0 Å². The molecule has 7 nitrogen and oxygen atoms in total. The van der Waals surface area contributed by atoms with Crippen LogP contribution in [0.5, 0.6) is 0 Å². The molecule has 0 aliphatic rings. The maximum Gasteiger partial charge on any atom is 0.322 e. The van der Waals surface area contributed by atoms with E-state index in [1.54, 1.807) is 14.0 Å². The Labute approximate surface area is 99.0 Å². The van der Waals surface area contributed by atoms with Gasteiger partial charge in [-0.3, -0.25) is 19.6 Å². The number of rotatable bonds is 4. The number of carbonyl (C=O) groups is 1. The molecule has 1 aromatic heterocycles. The zero-order valence-electron chi connectivity index (χ0n) is 10.4. The Hall–Kier alpha value is -1.92. The fraction of sp³-hybridized carbons (Fsp3) is 0.600. The lowest BCUT2D eigenvalue weighted by atomic mass is 10.2. The van der Waals surface area contributed by atoms with Gasteiger partial charge in [0.2, 0.25) is 5.69 Å². The molecule has 17 heavy (non-hydrogen) atoms. The van der Waals surface area contributed by atoms with E-state index in [2.05, 4.69) is 10.4 Å². The summed E-state index contributed by atoms with van der Waals surface area (Å²) < 4.78 is 1.34. The second-order valence-electron chi connectivity index (χ2n) is 4.27. The molecule has 0 atom stereocenters. The normalized spacial score (nSPS) is 10.6. The second-order valence-corrected chi connectivity index (χ2v) is 4.27. The molecule has 0 saturated heterocycles. The fourth-order valence-electron chi connectivity index (χ4n) is 1.35. The highest BCUT2D eigenvalue weighted by Gasteiger charge is 2.28. The molecule has 1 aromatic rings. The Morgan fingerprint density at radius 2 is 2.18 bits per heavy atom. The molecular weight excluding hydrogens is 224 g/mol. The first-order valence-corrected chi connectivity index (χ1v) is 5.30. The smallest absolute Gasteiger partial charge is 0.322 e. The first-order valence-electron chi connectivity index (χ1n) is 5.30. The van der Waals surface area contributed by atoms with Crippen LogP contribution in [-0.4, -0.2) is 27.2 Å². The number of aryl methyl sites for hydroxylation is 1. The predicted molar refractivity (Wildman–Crippen MR) is 61.8 cm³/mol. The minimum absolute atomic E-state index is 0.129. The molecule has 0 aliphatic heterocycles. The summed E-state index contributed by atoms with van der Waals surface area (Å²) in [6, 6.07) is 0. The average Bonchev–Trinajstić information content (AvgIpc) is 2.52. The van der Waals surface area contributed by atoms with Crippen molar-refractivity contribution in [2.24, 2.45) is 13.0 Å². The quantitative estimate of drug-likeness (QED) is 0.628. The van der Waals surface area contributed by atoms with E-state index >= 15 is 0 Å². The van der Waals surface area contributed by atoms with Gasteiger partial charge in [-0.15, -0.1) is 0 Å². The lowest BCUT2D eigenvalue weighted by molar-refractivity contribution is -0.385. The number of aromatic nitrogens is 2. The molecule has 7 heteroatoms. The van der Waals surface area contributed by atoms with Crippen LogP contribution in [0.2, 0.25) is 0 Å². The van der Waals surface area contributed by atoms with Gasteiger partial charge in [-0.2, -0.15) is 5.10 Å². The van der Waals surface area contributed by atoms with Crippen LogP contribution in [0.1, 0.15) is 30.0 Å². The molecule has 1 heterocycles. The van der Waals surface area contributed by atoms with E-state index in [1.165, 1.54) is 4.68 Å². The van der Waals surface area contributed by atoms with Crippen LogP contribution in [0.3, 0.4) is 0 Å². The van der Waals surface area contributed by atoms with Crippen molar-refractivity contribution in [1.29, 1.82) is 0 Å². The van der Waals surface area contributed by atoms with Gasteiger partial charge in [-0.25, -0.2) is 0 Å².